The number of halogens is 1. The summed E-state index contributed by atoms with van der Waals surface area (Å²) in [5.41, 5.74) is 2.12. The third-order valence-electron chi connectivity index (χ3n) is 3.91. The predicted molar refractivity (Wildman–Crippen MR) is 100 cm³/mol. The highest BCUT2D eigenvalue weighted by Gasteiger charge is 2.27. The van der Waals surface area contributed by atoms with Gasteiger partial charge in [-0.1, -0.05) is 17.7 Å². The highest BCUT2D eigenvalue weighted by atomic mass is 35.5. The molecule has 26 heavy (non-hydrogen) atoms. The second kappa shape index (κ2) is 7.84. The average molecular weight is 393 g/mol. The van der Waals surface area contributed by atoms with Crippen molar-refractivity contribution in [2.24, 2.45) is 0 Å². The third kappa shape index (κ3) is 4.59. The first kappa shape index (κ1) is 18.3. The molecule has 3 rings (SSSR count). The lowest BCUT2D eigenvalue weighted by Gasteiger charge is -2.08. The number of carbonyl (C=O) groups excluding carboxylic acids is 3. The van der Waals surface area contributed by atoms with Gasteiger partial charge in [-0.15, -0.1) is 11.3 Å². The molecule has 1 saturated heterocycles. The topological polar surface area (TPSA) is 100 Å². The number of nitrogens with zero attached hydrogens (tertiary/aromatic N) is 1. The Morgan fingerprint density at radius 2 is 2.19 bits per heavy atom. The molecule has 136 valence electrons. The Morgan fingerprint density at radius 3 is 2.92 bits per heavy atom. The zero-order valence-corrected chi connectivity index (χ0v) is 15.5. The fraction of sp³-hybridized carbons (Fsp3) is 0.294. The quantitative estimate of drug-likeness (QED) is 0.727. The first-order valence-electron chi connectivity index (χ1n) is 8.01. The number of aryl methyl sites for hydroxylation is 1. The van der Waals surface area contributed by atoms with Crippen molar-refractivity contribution >= 4 is 51.5 Å². The molecule has 1 fully saturated rings. The SMILES string of the molecule is Cc1ccc(Cl)cc1NC(=O)Cc1csc(NC(=O)[C@H]2CCC(=O)N2)n1. The first-order valence-corrected chi connectivity index (χ1v) is 9.27. The fourth-order valence-corrected chi connectivity index (χ4v) is 3.42. The standard InChI is InChI=1S/C17H17ClN4O3S/c1-9-2-3-10(18)6-13(9)21-15(24)7-11-8-26-17(19-11)22-16(25)12-4-5-14(23)20-12/h2-3,6,8,12H,4-5,7H2,1H3,(H,20,23)(H,21,24)(H,19,22,25)/t12-/m1/s1. The molecule has 1 aliphatic rings. The Bertz CT molecular complexity index is 867. The summed E-state index contributed by atoms with van der Waals surface area (Å²) in [6.45, 7) is 1.88. The lowest BCUT2D eigenvalue weighted by Crippen LogP contribution is -2.37. The van der Waals surface area contributed by atoms with E-state index in [4.69, 9.17) is 11.6 Å². The smallest absolute Gasteiger partial charge is 0.248 e. The Morgan fingerprint density at radius 1 is 1.38 bits per heavy atom. The molecular weight excluding hydrogens is 376 g/mol. The molecule has 0 spiro atoms. The lowest BCUT2D eigenvalue weighted by atomic mass is 10.2. The van der Waals surface area contributed by atoms with Crippen LogP contribution >= 0.6 is 22.9 Å². The van der Waals surface area contributed by atoms with Crippen LogP contribution in [0.1, 0.15) is 24.1 Å². The van der Waals surface area contributed by atoms with Crippen LogP contribution in [0, 0.1) is 6.92 Å². The molecule has 0 aliphatic carbocycles. The van der Waals surface area contributed by atoms with Gasteiger partial charge in [-0.3, -0.25) is 14.4 Å². The molecule has 7 nitrogen and oxygen atoms in total. The van der Waals surface area contributed by atoms with Crippen LogP contribution in [-0.2, 0) is 20.8 Å². The Kier molecular flexibility index (Phi) is 5.53. The van der Waals surface area contributed by atoms with Crippen LogP contribution in [0.3, 0.4) is 0 Å². The molecule has 1 atom stereocenters. The number of hydrogen-bond donors (Lipinski definition) is 3. The molecule has 3 N–H and O–H groups in total. The zero-order valence-electron chi connectivity index (χ0n) is 14.0. The largest absolute Gasteiger partial charge is 0.344 e. The number of anilines is 2. The summed E-state index contributed by atoms with van der Waals surface area (Å²) in [6, 6.07) is 4.76. The number of hydrogen-bond acceptors (Lipinski definition) is 5. The summed E-state index contributed by atoms with van der Waals surface area (Å²) in [5.74, 6) is -0.643. The van der Waals surface area contributed by atoms with E-state index in [9.17, 15) is 14.4 Å². The molecule has 0 unspecified atom stereocenters. The normalized spacial score (nSPS) is 16.2. The summed E-state index contributed by atoms with van der Waals surface area (Å²) >= 11 is 7.18. The minimum Gasteiger partial charge on any atom is -0.344 e. The summed E-state index contributed by atoms with van der Waals surface area (Å²) in [5, 5.41) is 10.7. The summed E-state index contributed by atoms with van der Waals surface area (Å²) in [6.07, 6.45) is 0.910. The Hall–Kier alpha value is -2.45. The van der Waals surface area contributed by atoms with Gasteiger partial charge in [0.15, 0.2) is 5.13 Å². The predicted octanol–water partition coefficient (Wildman–Crippen LogP) is 2.50. The number of benzene rings is 1. The van der Waals surface area contributed by atoms with Crippen molar-refractivity contribution in [3.8, 4) is 0 Å². The molecule has 9 heteroatoms. The first-order chi connectivity index (χ1) is 12.4. The number of thiazole rings is 1. The van der Waals surface area contributed by atoms with Crippen LogP contribution in [0.25, 0.3) is 0 Å². The highest BCUT2D eigenvalue weighted by Crippen LogP contribution is 2.21. The maximum Gasteiger partial charge on any atom is 0.248 e. The summed E-state index contributed by atoms with van der Waals surface area (Å²) in [7, 11) is 0. The van der Waals surface area contributed by atoms with E-state index in [1.165, 1.54) is 11.3 Å². The van der Waals surface area contributed by atoms with Gasteiger partial charge < -0.3 is 16.0 Å². The number of carbonyl (C=O) groups is 3. The highest BCUT2D eigenvalue weighted by molar-refractivity contribution is 7.13. The lowest BCUT2D eigenvalue weighted by molar-refractivity contribution is -0.122. The van der Waals surface area contributed by atoms with Crippen LogP contribution in [0.2, 0.25) is 5.02 Å². The van der Waals surface area contributed by atoms with Crippen LogP contribution in [-0.4, -0.2) is 28.7 Å². The van der Waals surface area contributed by atoms with Gasteiger partial charge in [-0.2, -0.15) is 0 Å². The monoisotopic (exact) mass is 392 g/mol. The van der Waals surface area contributed by atoms with E-state index in [1.54, 1.807) is 17.5 Å². The van der Waals surface area contributed by atoms with E-state index in [0.717, 1.165) is 5.56 Å². The van der Waals surface area contributed by atoms with Crippen molar-refractivity contribution in [3.05, 3.63) is 39.9 Å². The Balaban J connectivity index is 1.56. The fourth-order valence-electron chi connectivity index (χ4n) is 2.54. The molecule has 2 heterocycles. The van der Waals surface area contributed by atoms with E-state index in [1.807, 2.05) is 13.0 Å². The molecule has 3 amide bonds. The van der Waals surface area contributed by atoms with E-state index in [2.05, 4.69) is 20.9 Å². The van der Waals surface area contributed by atoms with Crippen LogP contribution < -0.4 is 16.0 Å². The van der Waals surface area contributed by atoms with Crippen LogP contribution in [0.15, 0.2) is 23.6 Å². The molecule has 1 aliphatic heterocycles. The molecule has 1 aromatic carbocycles. The van der Waals surface area contributed by atoms with E-state index >= 15 is 0 Å². The van der Waals surface area contributed by atoms with E-state index in [-0.39, 0.29) is 24.1 Å². The summed E-state index contributed by atoms with van der Waals surface area (Å²) in [4.78, 5) is 39.7. The zero-order chi connectivity index (χ0) is 18.7. The van der Waals surface area contributed by atoms with Crippen molar-refractivity contribution in [2.75, 3.05) is 10.6 Å². The summed E-state index contributed by atoms with van der Waals surface area (Å²) < 4.78 is 0. The number of amides is 3. The molecule has 1 aromatic heterocycles. The minimum atomic E-state index is -0.524. The Labute approximate surface area is 159 Å². The van der Waals surface area contributed by atoms with Crippen molar-refractivity contribution in [2.45, 2.75) is 32.2 Å². The van der Waals surface area contributed by atoms with Crippen LogP contribution in [0.4, 0.5) is 10.8 Å². The van der Waals surface area contributed by atoms with Crippen molar-refractivity contribution in [1.29, 1.82) is 0 Å². The van der Waals surface area contributed by atoms with Gasteiger partial charge in [0.05, 0.1) is 12.1 Å². The van der Waals surface area contributed by atoms with Gasteiger partial charge in [0, 0.05) is 22.5 Å². The van der Waals surface area contributed by atoms with E-state index in [0.29, 0.717) is 34.4 Å². The minimum absolute atomic E-state index is 0.0818. The van der Waals surface area contributed by atoms with Crippen molar-refractivity contribution in [3.63, 3.8) is 0 Å². The molecule has 0 radical (unpaired) electrons. The molecule has 0 bridgehead atoms. The number of rotatable bonds is 5. The number of nitrogens with one attached hydrogen (secondary N) is 3. The van der Waals surface area contributed by atoms with Gasteiger partial charge in [0.1, 0.15) is 6.04 Å². The van der Waals surface area contributed by atoms with Gasteiger partial charge in [0.25, 0.3) is 0 Å². The van der Waals surface area contributed by atoms with Gasteiger partial charge >= 0.3 is 0 Å². The number of aromatic nitrogens is 1. The maximum atomic E-state index is 12.2. The molecular formula is C17H17ClN4O3S. The average Bonchev–Trinajstić information content (AvgIpc) is 3.20. The van der Waals surface area contributed by atoms with Crippen molar-refractivity contribution < 1.29 is 14.4 Å². The second-order valence-electron chi connectivity index (χ2n) is 5.98. The van der Waals surface area contributed by atoms with Gasteiger partial charge in [-0.25, -0.2) is 4.98 Å². The molecule has 2 aromatic rings. The molecule has 0 saturated carbocycles. The van der Waals surface area contributed by atoms with Gasteiger partial charge in [-0.05, 0) is 31.0 Å². The van der Waals surface area contributed by atoms with Crippen LogP contribution in [0.5, 0.6) is 0 Å². The third-order valence-corrected chi connectivity index (χ3v) is 4.95. The maximum absolute atomic E-state index is 12.2. The van der Waals surface area contributed by atoms with Crippen molar-refractivity contribution in [1.82, 2.24) is 10.3 Å². The van der Waals surface area contributed by atoms with Gasteiger partial charge in [0.2, 0.25) is 17.7 Å². The second-order valence-corrected chi connectivity index (χ2v) is 7.27. The van der Waals surface area contributed by atoms with E-state index < -0.39 is 6.04 Å².